The van der Waals surface area contributed by atoms with Gasteiger partial charge in [-0.1, -0.05) is 6.07 Å². The molecule has 4 unspecified atom stereocenters. The SMILES string of the molecule is Cn1cc(C2CC3C(CN2)NNC3c2cccc(N3CCC(O)CC3)n2)cn1. The highest BCUT2D eigenvalue weighted by Crippen LogP contribution is 2.38. The lowest BCUT2D eigenvalue weighted by atomic mass is 9.82. The van der Waals surface area contributed by atoms with Crippen LogP contribution in [0.5, 0.6) is 0 Å². The van der Waals surface area contributed by atoms with E-state index in [4.69, 9.17) is 4.98 Å². The van der Waals surface area contributed by atoms with E-state index >= 15 is 0 Å². The molecule has 5 rings (SSSR count). The molecule has 5 heterocycles. The Hall–Kier alpha value is -2.00. The number of nitrogens with zero attached hydrogens (tertiary/aromatic N) is 4. The first kappa shape index (κ1) is 18.1. The second kappa shape index (κ2) is 7.44. The molecule has 0 saturated carbocycles. The highest BCUT2D eigenvalue weighted by atomic mass is 16.3. The molecule has 4 N–H and O–H groups in total. The average molecular weight is 384 g/mol. The number of aryl methyl sites for hydroxylation is 1. The van der Waals surface area contributed by atoms with E-state index in [2.05, 4.69) is 50.6 Å². The minimum Gasteiger partial charge on any atom is -0.393 e. The molecule has 3 aliphatic heterocycles. The number of fused-ring (bicyclic) bond motifs is 1. The third kappa shape index (κ3) is 3.41. The van der Waals surface area contributed by atoms with Crippen LogP contribution in [0.15, 0.2) is 30.6 Å². The highest BCUT2D eigenvalue weighted by molar-refractivity contribution is 5.40. The fourth-order valence-electron chi connectivity index (χ4n) is 4.82. The summed E-state index contributed by atoms with van der Waals surface area (Å²) in [5.41, 5.74) is 9.31. The van der Waals surface area contributed by atoms with Gasteiger partial charge in [-0.05, 0) is 31.4 Å². The molecule has 0 amide bonds. The van der Waals surface area contributed by atoms with Gasteiger partial charge >= 0.3 is 0 Å². The zero-order valence-corrected chi connectivity index (χ0v) is 16.3. The van der Waals surface area contributed by atoms with Gasteiger partial charge in [0.2, 0.25) is 0 Å². The summed E-state index contributed by atoms with van der Waals surface area (Å²) in [6.45, 7) is 2.66. The third-order valence-electron chi connectivity index (χ3n) is 6.45. The molecule has 28 heavy (non-hydrogen) atoms. The molecule has 3 saturated heterocycles. The summed E-state index contributed by atoms with van der Waals surface area (Å²) >= 11 is 0. The van der Waals surface area contributed by atoms with Gasteiger partial charge in [-0.15, -0.1) is 0 Å². The summed E-state index contributed by atoms with van der Waals surface area (Å²) in [6, 6.07) is 7.24. The van der Waals surface area contributed by atoms with Gasteiger partial charge in [0, 0.05) is 56.4 Å². The van der Waals surface area contributed by atoms with E-state index in [9.17, 15) is 5.11 Å². The normalized spacial score (nSPS) is 31.1. The van der Waals surface area contributed by atoms with Crippen molar-refractivity contribution in [3.63, 3.8) is 0 Å². The van der Waals surface area contributed by atoms with Gasteiger partial charge in [-0.3, -0.25) is 10.1 Å². The number of aliphatic hydroxyl groups is 1. The molecule has 0 bridgehead atoms. The Morgan fingerprint density at radius 2 is 2.04 bits per heavy atom. The van der Waals surface area contributed by atoms with Crippen molar-refractivity contribution in [3.8, 4) is 0 Å². The third-order valence-corrected chi connectivity index (χ3v) is 6.45. The Labute approximate surface area is 165 Å². The number of aromatic nitrogens is 3. The lowest BCUT2D eigenvalue weighted by Gasteiger charge is -2.34. The molecule has 8 nitrogen and oxygen atoms in total. The molecule has 150 valence electrons. The summed E-state index contributed by atoms with van der Waals surface area (Å²) in [7, 11) is 1.96. The van der Waals surface area contributed by atoms with E-state index in [1.807, 2.05) is 17.9 Å². The van der Waals surface area contributed by atoms with Crippen molar-refractivity contribution in [1.29, 1.82) is 0 Å². The maximum atomic E-state index is 9.77. The number of aliphatic hydroxyl groups excluding tert-OH is 1. The van der Waals surface area contributed by atoms with Gasteiger partial charge in [0.1, 0.15) is 5.82 Å². The molecular weight excluding hydrogens is 354 g/mol. The van der Waals surface area contributed by atoms with Crippen molar-refractivity contribution in [2.24, 2.45) is 13.0 Å². The number of hydrazine groups is 1. The maximum Gasteiger partial charge on any atom is 0.128 e. The van der Waals surface area contributed by atoms with Crippen LogP contribution >= 0.6 is 0 Å². The molecule has 8 heteroatoms. The minimum atomic E-state index is -0.167. The molecular formula is C20H29N7O. The summed E-state index contributed by atoms with van der Waals surface area (Å²) in [5, 5.41) is 17.8. The van der Waals surface area contributed by atoms with Crippen molar-refractivity contribution < 1.29 is 5.11 Å². The van der Waals surface area contributed by atoms with Crippen LogP contribution in [0.1, 0.15) is 42.6 Å². The van der Waals surface area contributed by atoms with Crippen LogP contribution in [0.3, 0.4) is 0 Å². The maximum absolute atomic E-state index is 9.77. The van der Waals surface area contributed by atoms with Crippen molar-refractivity contribution in [2.45, 2.75) is 43.5 Å². The zero-order chi connectivity index (χ0) is 19.1. The van der Waals surface area contributed by atoms with E-state index < -0.39 is 0 Å². The number of piperidine rings is 2. The molecule has 0 radical (unpaired) electrons. The fourth-order valence-corrected chi connectivity index (χ4v) is 4.82. The summed E-state index contributed by atoms with van der Waals surface area (Å²) in [5.74, 6) is 1.49. The number of pyridine rings is 1. The first-order valence-corrected chi connectivity index (χ1v) is 10.3. The van der Waals surface area contributed by atoms with E-state index in [0.717, 1.165) is 50.4 Å². The smallest absolute Gasteiger partial charge is 0.128 e. The lowest BCUT2D eigenvalue weighted by Crippen LogP contribution is -2.46. The van der Waals surface area contributed by atoms with Gasteiger partial charge in [0.15, 0.2) is 0 Å². The first-order chi connectivity index (χ1) is 13.7. The highest BCUT2D eigenvalue weighted by Gasteiger charge is 2.42. The Bertz CT molecular complexity index is 816. The van der Waals surface area contributed by atoms with Crippen LogP contribution < -0.4 is 21.1 Å². The van der Waals surface area contributed by atoms with Gasteiger partial charge in [0.25, 0.3) is 0 Å². The second-order valence-corrected chi connectivity index (χ2v) is 8.32. The van der Waals surface area contributed by atoms with E-state index in [-0.39, 0.29) is 12.1 Å². The van der Waals surface area contributed by atoms with Crippen LogP contribution in [-0.2, 0) is 7.05 Å². The Morgan fingerprint density at radius 1 is 1.18 bits per heavy atom. The monoisotopic (exact) mass is 383 g/mol. The van der Waals surface area contributed by atoms with Gasteiger partial charge < -0.3 is 15.3 Å². The molecule has 3 aliphatic rings. The van der Waals surface area contributed by atoms with Crippen LogP contribution in [0.25, 0.3) is 0 Å². The van der Waals surface area contributed by atoms with Crippen molar-refractivity contribution in [1.82, 2.24) is 30.9 Å². The topological polar surface area (TPSA) is 90.3 Å². The molecule has 0 aromatic carbocycles. The summed E-state index contributed by atoms with van der Waals surface area (Å²) < 4.78 is 1.87. The Balaban J connectivity index is 1.34. The number of hydrogen-bond donors (Lipinski definition) is 4. The molecule has 0 spiro atoms. The molecule has 2 aromatic rings. The fraction of sp³-hybridized carbons (Fsp3) is 0.600. The van der Waals surface area contributed by atoms with E-state index in [1.54, 1.807) is 0 Å². The van der Waals surface area contributed by atoms with Crippen LogP contribution in [0, 0.1) is 5.92 Å². The predicted octanol–water partition coefficient (Wildman–Crippen LogP) is 0.645. The quantitative estimate of drug-likeness (QED) is 0.619. The first-order valence-electron chi connectivity index (χ1n) is 10.3. The standard InChI is InChI=1S/C20H29N7O/c1-26-12-13(10-22-26)17-9-15-18(11-21-17)24-25-20(15)16-3-2-4-19(23-16)27-7-5-14(28)6-8-27/h2-4,10,12,14-15,17-18,20-21,24-25,28H,5-9,11H2,1H3. The molecule has 3 fully saturated rings. The molecule has 2 aromatic heterocycles. The Kier molecular flexibility index (Phi) is 4.80. The minimum absolute atomic E-state index is 0.167. The number of anilines is 1. The van der Waals surface area contributed by atoms with E-state index in [1.165, 1.54) is 5.56 Å². The molecule has 0 aliphatic carbocycles. The number of nitrogens with one attached hydrogen (secondary N) is 3. The summed E-state index contributed by atoms with van der Waals surface area (Å²) in [6.07, 6.45) is 6.58. The zero-order valence-electron chi connectivity index (χ0n) is 16.3. The van der Waals surface area contributed by atoms with Crippen LogP contribution in [0.2, 0.25) is 0 Å². The van der Waals surface area contributed by atoms with Crippen LogP contribution in [-0.4, -0.2) is 51.7 Å². The summed E-state index contributed by atoms with van der Waals surface area (Å²) in [4.78, 5) is 7.29. The number of rotatable bonds is 3. The Morgan fingerprint density at radius 3 is 2.82 bits per heavy atom. The average Bonchev–Trinajstić information content (AvgIpc) is 3.34. The van der Waals surface area contributed by atoms with Crippen molar-refractivity contribution in [2.75, 3.05) is 24.5 Å². The van der Waals surface area contributed by atoms with Gasteiger partial charge in [-0.2, -0.15) is 5.10 Å². The van der Waals surface area contributed by atoms with Gasteiger partial charge in [0.05, 0.1) is 24.0 Å². The van der Waals surface area contributed by atoms with Crippen LogP contribution in [0.4, 0.5) is 5.82 Å². The second-order valence-electron chi connectivity index (χ2n) is 8.32. The molecule has 4 atom stereocenters. The van der Waals surface area contributed by atoms with Gasteiger partial charge in [-0.25, -0.2) is 10.4 Å². The van der Waals surface area contributed by atoms with Crippen molar-refractivity contribution >= 4 is 5.82 Å². The lowest BCUT2D eigenvalue weighted by molar-refractivity contribution is 0.145. The largest absolute Gasteiger partial charge is 0.393 e. The number of hydrogen-bond acceptors (Lipinski definition) is 7. The predicted molar refractivity (Wildman–Crippen MR) is 107 cm³/mol. The van der Waals surface area contributed by atoms with E-state index in [0.29, 0.717) is 18.0 Å². The van der Waals surface area contributed by atoms with Crippen molar-refractivity contribution in [3.05, 3.63) is 41.9 Å².